The summed E-state index contributed by atoms with van der Waals surface area (Å²) in [6, 6.07) is 13.0. The largest absolute Gasteiger partial charge is 0.497 e. The van der Waals surface area contributed by atoms with E-state index >= 15 is 0 Å². The average Bonchev–Trinajstić information content (AvgIpc) is 3.49. The molecule has 0 unspecified atom stereocenters. The number of nitrogens with zero attached hydrogens (tertiary/aromatic N) is 5. The van der Waals surface area contributed by atoms with E-state index in [2.05, 4.69) is 15.1 Å². The van der Waals surface area contributed by atoms with Gasteiger partial charge in [-0.15, -0.1) is 0 Å². The molecule has 10 heteroatoms. The van der Waals surface area contributed by atoms with Gasteiger partial charge < -0.3 is 23.3 Å². The van der Waals surface area contributed by atoms with Crippen molar-refractivity contribution in [1.82, 2.24) is 24.3 Å². The smallest absolute Gasteiger partial charge is 0.278 e. The SMILES string of the molecule is COc1cccc(-c2cn(C)c3c(=O)n(Cc4nc(-c5cccc(OC)c5OC)no4)cnc23)c1. The van der Waals surface area contributed by atoms with Crippen molar-refractivity contribution in [1.29, 1.82) is 0 Å². The molecule has 5 rings (SSSR count). The molecule has 10 nitrogen and oxygen atoms in total. The molecule has 35 heavy (non-hydrogen) atoms. The summed E-state index contributed by atoms with van der Waals surface area (Å²) in [5.41, 5.74) is 3.23. The Morgan fingerprint density at radius 1 is 1.00 bits per heavy atom. The predicted octanol–water partition coefficient (Wildman–Crippen LogP) is 3.53. The number of fused-ring (bicyclic) bond motifs is 1. The summed E-state index contributed by atoms with van der Waals surface area (Å²) in [6.07, 6.45) is 3.38. The summed E-state index contributed by atoms with van der Waals surface area (Å²) in [5, 5.41) is 4.06. The van der Waals surface area contributed by atoms with Gasteiger partial charge in [-0.25, -0.2) is 4.98 Å². The summed E-state index contributed by atoms with van der Waals surface area (Å²) in [7, 11) is 6.54. The molecular formula is C25H23N5O5. The van der Waals surface area contributed by atoms with Crippen molar-refractivity contribution in [2.24, 2.45) is 7.05 Å². The first-order chi connectivity index (χ1) is 17.0. The third kappa shape index (κ3) is 3.88. The summed E-state index contributed by atoms with van der Waals surface area (Å²) in [4.78, 5) is 22.4. The van der Waals surface area contributed by atoms with Crippen LogP contribution >= 0.6 is 0 Å². The molecule has 0 radical (unpaired) electrons. The fraction of sp³-hybridized carbons (Fsp3) is 0.200. The molecule has 0 spiro atoms. The minimum Gasteiger partial charge on any atom is -0.497 e. The van der Waals surface area contributed by atoms with E-state index in [-0.39, 0.29) is 18.0 Å². The Morgan fingerprint density at radius 3 is 2.60 bits per heavy atom. The maximum absolute atomic E-state index is 13.3. The molecule has 3 heterocycles. The van der Waals surface area contributed by atoms with E-state index in [9.17, 15) is 4.79 Å². The number of hydrogen-bond acceptors (Lipinski definition) is 8. The van der Waals surface area contributed by atoms with E-state index in [0.29, 0.717) is 33.9 Å². The van der Waals surface area contributed by atoms with Crippen LogP contribution in [0.2, 0.25) is 0 Å². The molecule has 0 aliphatic rings. The Kier molecular flexibility index (Phi) is 5.69. The van der Waals surface area contributed by atoms with E-state index < -0.39 is 0 Å². The van der Waals surface area contributed by atoms with E-state index in [1.54, 1.807) is 38.0 Å². The molecule has 0 saturated heterocycles. The first-order valence-corrected chi connectivity index (χ1v) is 10.8. The fourth-order valence-electron chi connectivity index (χ4n) is 4.06. The highest BCUT2D eigenvalue weighted by atomic mass is 16.5. The monoisotopic (exact) mass is 473 g/mol. The summed E-state index contributed by atoms with van der Waals surface area (Å²) in [5.74, 6) is 2.37. The highest BCUT2D eigenvalue weighted by Gasteiger charge is 2.19. The highest BCUT2D eigenvalue weighted by Crippen LogP contribution is 2.36. The van der Waals surface area contributed by atoms with Crippen LogP contribution < -0.4 is 19.8 Å². The Bertz CT molecular complexity index is 1580. The van der Waals surface area contributed by atoms with Crippen molar-refractivity contribution in [2.45, 2.75) is 6.54 Å². The number of aromatic nitrogens is 5. The van der Waals surface area contributed by atoms with Gasteiger partial charge in [0.05, 0.1) is 33.2 Å². The second kappa shape index (κ2) is 8.98. The minimum atomic E-state index is -0.217. The quantitative estimate of drug-likeness (QED) is 0.353. The van der Waals surface area contributed by atoms with Crippen LogP contribution in [0.15, 0.2) is 64.3 Å². The van der Waals surface area contributed by atoms with Crippen LogP contribution in [-0.4, -0.2) is 45.6 Å². The molecule has 0 bridgehead atoms. The van der Waals surface area contributed by atoms with Gasteiger partial charge in [0.25, 0.3) is 5.56 Å². The van der Waals surface area contributed by atoms with E-state index in [1.165, 1.54) is 10.9 Å². The van der Waals surface area contributed by atoms with Gasteiger partial charge in [-0.3, -0.25) is 9.36 Å². The van der Waals surface area contributed by atoms with Crippen LogP contribution in [0, 0.1) is 0 Å². The predicted molar refractivity (Wildman–Crippen MR) is 129 cm³/mol. The number of aryl methyl sites for hydroxylation is 1. The average molecular weight is 473 g/mol. The topological polar surface area (TPSA) is 106 Å². The molecule has 3 aromatic heterocycles. The lowest BCUT2D eigenvalue weighted by Gasteiger charge is -2.09. The van der Waals surface area contributed by atoms with Crippen molar-refractivity contribution in [2.75, 3.05) is 21.3 Å². The first kappa shape index (κ1) is 22.2. The maximum Gasteiger partial charge on any atom is 0.278 e. The van der Waals surface area contributed by atoms with Crippen LogP contribution in [0.1, 0.15) is 5.89 Å². The lowest BCUT2D eigenvalue weighted by molar-refractivity contribution is 0.354. The second-order valence-corrected chi connectivity index (χ2v) is 7.81. The highest BCUT2D eigenvalue weighted by molar-refractivity contribution is 5.92. The molecule has 178 valence electrons. The number of methoxy groups -OCH3 is 3. The Morgan fingerprint density at radius 2 is 1.83 bits per heavy atom. The van der Waals surface area contributed by atoms with Crippen LogP contribution in [0.25, 0.3) is 33.5 Å². The zero-order valence-electron chi connectivity index (χ0n) is 19.7. The molecule has 2 aromatic carbocycles. The molecule has 5 aromatic rings. The zero-order chi connectivity index (χ0) is 24.5. The summed E-state index contributed by atoms with van der Waals surface area (Å²) < 4.78 is 24.8. The zero-order valence-corrected chi connectivity index (χ0v) is 19.7. The first-order valence-electron chi connectivity index (χ1n) is 10.8. The third-order valence-corrected chi connectivity index (χ3v) is 5.74. The van der Waals surface area contributed by atoms with Gasteiger partial charge in [0, 0.05) is 18.8 Å². The number of para-hydroxylation sites is 1. The molecule has 0 saturated carbocycles. The van der Waals surface area contributed by atoms with Gasteiger partial charge in [0.2, 0.25) is 11.7 Å². The number of hydrogen-bond donors (Lipinski definition) is 0. The Labute approximate surface area is 200 Å². The van der Waals surface area contributed by atoms with Crippen molar-refractivity contribution < 1.29 is 18.7 Å². The van der Waals surface area contributed by atoms with Gasteiger partial charge in [-0.05, 0) is 29.8 Å². The van der Waals surface area contributed by atoms with Crippen LogP contribution in [0.5, 0.6) is 17.2 Å². The minimum absolute atomic E-state index is 0.0702. The van der Waals surface area contributed by atoms with Crippen LogP contribution in [0.4, 0.5) is 0 Å². The normalized spacial score (nSPS) is 11.1. The summed E-state index contributed by atoms with van der Waals surface area (Å²) in [6.45, 7) is 0.0702. The lowest BCUT2D eigenvalue weighted by atomic mass is 10.1. The molecule has 0 fully saturated rings. The number of rotatable bonds is 7. The van der Waals surface area contributed by atoms with Gasteiger partial charge in [0.15, 0.2) is 11.5 Å². The van der Waals surface area contributed by atoms with Gasteiger partial charge >= 0.3 is 0 Å². The molecular weight excluding hydrogens is 450 g/mol. The van der Waals surface area contributed by atoms with Crippen LogP contribution in [0.3, 0.4) is 0 Å². The maximum atomic E-state index is 13.3. The Balaban J connectivity index is 1.50. The van der Waals surface area contributed by atoms with Crippen LogP contribution in [-0.2, 0) is 13.6 Å². The van der Waals surface area contributed by atoms with Crippen molar-refractivity contribution in [3.05, 3.63) is 71.2 Å². The third-order valence-electron chi connectivity index (χ3n) is 5.74. The van der Waals surface area contributed by atoms with E-state index in [0.717, 1.165) is 16.9 Å². The molecule has 0 atom stereocenters. The fourth-order valence-corrected chi connectivity index (χ4v) is 4.06. The van der Waals surface area contributed by atoms with E-state index in [4.69, 9.17) is 18.7 Å². The van der Waals surface area contributed by atoms with Crippen molar-refractivity contribution in [3.8, 4) is 39.8 Å². The molecule has 0 aliphatic heterocycles. The number of ether oxygens (including phenoxy) is 3. The van der Waals surface area contributed by atoms with Crippen molar-refractivity contribution >= 4 is 11.0 Å². The Hall–Kier alpha value is -4.60. The van der Waals surface area contributed by atoms with Gasteiger partial charge in [-0.2, -0.15) is 4.98 Å². The molecule has 0 aliphatic carbocycles. The van der Waals surface area contributed by atoms with Crippen molar-refractivity contribution in [3.63, 3.8) is 0 Å². The molecule has 0 N–H and O–H groups in total. The standard InChI is InChI=1S/C25H23N5O5/c1-29-12-18(15-7-5-8-16(11-15)32-2)21-22(29)25(31)30(14-26-21)13-20-27-24(28-35-20)17-9-6-10-19(33-3)23(17)34-4/h5-12,14H,13H2,1-4H3. The van der Waals surface area contributed by atoms with Gasteiger partial charge in [0.1, 0.15) is 23.3 Å². The van der Waals surface area contributed by atoms with E-state index in [1.807, 2.05) is 43.6 Å². The number of benzene rings is 2. The molecule has 0 amide bonds. The second-order valence-electron chi connectivity index (χ2n) is 7.81. The van der Waals surface area contributed by atoms with Gasteiger partial charge in [-0.1, -0.05) is 23.4 Å². The lowest BCUT2D eigenvalue weighted by Crippen LogP contribution is -2.22. The summed E-state index contributed by atoms with van der Waals surface area (Å²) >= 11 is 0.